The van der Waals surface area contributed by atoms with E-state index in [9.17, 15) is 22.4 Å². The quantitative estimate of drug-likeness (QED) is 0.747. The average molecular weight is 447 g/mol. The van der Waals surface area contributed by atoms with E-state index < -0.39 is 21.4 Å². The van der Waals surface area contributed by atoms with Crippen molar-refractivity contribution in [1.82, 2.24) is 14.2 Å². The number of H-pyrrole nitrogens is 1. The van der Waals surface area contributed by atoms with Crippen LogP contribution in [0.5, 0.6) is 0 Å². The van der Waals surface area contributed by atoms with E-state index in [1.165, 1.54) is 22.5 Å². The Kier molecular flexibility index (Phi) is 6.57. The number of nitrogens with zero attached hydrogens (tertiary/aromatic N) is 3. The second-order valence-electron chi connectivity index (χ2n) is 7.38. The summed E-state index contributed by atoms with van der Waals surface area (Å²) in [6.07, 6.45) is 0.522. The van der Waals surface area contributed by atoms with Crippen LogP contribution in [0.25, 0.3) is 0 Å². The number of amides is 1. The van der Waals surface area contributed by atoms with E-state index in [2.05, 4.69) is 4.98 Å². The molecule has 8 nitrogen and oxygen atoms in total. The van der Waals surface area contributed by atoms with Crippen LogP contribution in [0.2, 0.25) is 0 Å². The first-order chi connectivity index (χ1) is 14.7. The molecule has 1 fully saturated rings. The molecule has 0 bridgehead atoms. The van der Waals surface area contributed by atoms with E-state index in [4.69, 9.17) is 5.26 Å². The lowest BCUT2D eigenvalue weighted by atomic mass is 9.99. The topological polar surface area (TPSA) is 114 Å². The van der Waals surface area contributed by atoms with Gasteiger partial charge in [-0.15, -0.1) is 0 Å². The van der Waals surface area contributed by atoms with E-state index in [1.54, 1.807) is 18.7 Å². The van der Waals surface area contributed by atoms with Gasteiger partial charge in [-0.1, -0.05) is 12.1 Å². The second kappa shape index (κ2) is 8.99. The Hall–Kier alpha value is -3.03. The minimum atomic E-state index is -3.96. The highest BCUT2D eigenvalue weighted by atomic mass is 32.2. The highest BCUT2D eigenvalue weighted by Crippen LogP contribution is 2.21. The molecule has 0 atom stereocenters. The normalized spacial score (nSPS) is 15.0. The Morgan fingerprint density at radius 1 is 1.19 bits per heavy atom. The number of rotatable bonds is 5. The van der Waals surface area contributed by atoms with Crippen molar-refractivity contribution in [2.24, 2.45) is 0 Å². The van der Waals surface area contributed by atoms with Crippen molar-refractivity contribution >= 4 is 15.9 Å². The van der Waals surface area contributed by atoms with Crippen LogP contribution in [0.3, 0.4) is 0 Å². The summed E-state index contributed by atoms with van der Waals surface area (Å²) in [6, 6.07) is 7.11. The summed E-state index contributed by atoms with van der Waals surface area (Å²) in [7, 11) is -3.96. The SMILES string of the molecule is Cc1[nH]c(=O)c(C#N)c(C)c1CCC(=O)N1CCN(S(=O)(=O)c2ccccc2F)CC1. The number of sulfonamides is 1. The lowest BCUT2D eigenvalue weighted by Crippen LogP contribution is -2.50. The Morgan fingerprint density at radius 3 is 2.45 bits per heavy atom. The number of aromatic amines is 1. The van der Waals surface area contributed by atoms with Crippen LogP contribution in [-0.2, 0) is 21.2 Å². The largest absolute Gasteiger partial charge is 0.340 e. The van der Waals surface area contributed by atoms with Crippen molar-refractivity contribution in [3.05, 3.63) is 62.8 Å². The maximum absolute atomic E-state index is 13.9. The van der Waals surface area contributed by atoms with Crippen molar-refractivity contribution in [2.75, 3.05) is 26.2 Å². The van der Waals surface area contributed by atoms with Crippen LogP contribution in [0, 0.1) is 31.0 Å². The molecule has 0 unspecified atom stereocenters. The number of hydrogen-bond donors (Lipinski definition) is 1. The summed E-state index contributed by atoms with van der Waals surface area (Å²) in [4.78, 5) is 28.3. The van der Waals surface area contributed by atoms with Crippen molar-refractivity contribution in [2.45, 2.75) is 31.6 Å². The molecule has 0 aliphatic carbocycles. The van der Waals surface area contributed by atoms with E-state index in [1.807, 2.05) is 6.07 Å². The van der Waals surface area contributed by atoms with Crippen molar-refractivity contribution in [3.63, 3.8) is 0 Å². The van der Waals surface area contributed by atoms with Gasteiger partial charge in [0.05, 0.1) is 0 Å². The van der Waals surface area contributed by atoms with Gasteiger partial charge in [0.25, 0.3) is 5.56 Å². The van der Waals surface area contributed by atoms with E-state index in [0.29, 0.717) is 17.7 Å². The van der Waals surface area contributed by atoms with Crippen molar-refractivity contribution in [3.8, 4) is 6.07 Å². The monoisotopic (exact) mass is 446 g/mol. The summed E-state index contributed by atoms with van der Waals surface area (Å²) in [5.41, 5.74) is 1.54. The Labute approximate surface area is 180 Å². The Morgan fingerprint density at radius 2 is 1.84 bits per heavy atom. The van der Waals surface area contributed by atoms with Crippen LogP contribution in [0.1, 0.15) is 28.8 Å². The smallest absolute Gasteiger partial charge is 0.266 e. The third-order valence-corrected chi connectivity index (χ3v) is 7.49. The molecule has 0 spiro atoms. The van der Waals surface area contributed by atoms with Gasteiger partial charge in [-0.05, 0) is 43.5 Å². The molecule has 1 aliphatic heterocycles. The molecule has 0 saturated carbocycles. The zero-order valence-corrected chi connectivity index (χ0v) is 18.1. The Balaban J connectivity index is 1.64. The predicted octanol–water partition coefficient (Wildman–Crippen LogP) is 1.47. The number of pyridine rings is 1. The molecular formula is C21H23FN4O4S. The molecule has 2 heterocycles. The minimum absolute atomic E-state index is 0.0417. The molecule has 1 saturated heterocycles. The van der Waals surface area contributed by atoms with Crippen LogP contribution in [-0.4, -0.2) is 54.7 Å². The van der Waals surface area contributed by atoms with Gasteiger partial charge in [0.1, 0.15) is 22.3 Å². The number of hydrogen-bond acceptors (Lipinski definition) is 5. The fraction of sp³-hybridized carbons (Fsp3) is 0.381. The first-order valence-electron chi connectivity index (χ1n) is 9.81. The van der Waals surface area contributed by atoms with E-state index in [0.717, 1.165) is 11.6 Å². The number of aryl methyl sites for hydroxylation is 1. The minimum Gasteiger partial charge on any atom is -0.340 e. The van der Waals surface area contributed by atoms with Gasteiger partial charge in [0.15, 0.2) is 0 Å². The van der Waals surface area contributed by atoms with Crippen LogP contribution < -0.4 is 5.56 Å². The first-order valence-corrected chi connectivity index (χ1v) is 11.3. The average Bonchev–Trinajstić information content (AvgIpc) is 2.73. The highest BCUT2D eigenvalue weighted by Gasteiger charge is 2.31. The number of benzene rings is 1. The summed E-state index contributed by atoms with van der Waals surface area (Å²) < 4.78 is 40.5. The maximum atomic E-state index is 13.9. The standard InChI is InChI=1S/C21H23FN4O4S/c1-14-16(15(2)24-21(28)17(14)13-23)7-8-20(27)25-9-11-26(12-10-25)31(29,30)19-6-4-3-5-18(19)22/h3-6H,7-12H2,1-2H3,(H,24,28). The van der Waals surface area contributed by atoms with Crippen LogP contribution in [0.4, 0.5) is 4.39 Å². The summed E-state index contributed by atoms with van der Waals surface area (Å²) in [5.74, 6) is -0.948. The molecule has 164 valence electrons. The molecule has 2 aromatic rings. The van der Waals surface area contributed by atoms with E-state index in [-0.39, 0.29) is 49.0 Å². The zero-order chi connectivity index (χ0) is 22.8. The van der Waals surface area contributed by atoms with Crippen molar-refractivity contribution in [1.29, 1.82) is 5.26 Å². The molecule has 3 rings (SSSR count). The fourth-order valence-corrected chi connectivity index (χ4v) is 5.27. The molecule has 1 aromatic carbocycles. The molecule has 1 amide bonds. The number of nitriles is 1. The number of nitrogens with one attached hydrogen (secondary N) is 1. The molecule has 10 heteroatoms. The van der Waals surface area contributed by atoms with Gasteiger partial charge in [0, 0.05) is 38.3 Å². The first kappa shape index (κ1) is 22.7. The number of aromatic nitrogens is 1. The summed E-state index contributed by atoms with van der Waals surface area (Å²) in [5, 5.41) is 9.16. The second-order valence-corrected chi connectivity index (χ2v) is 9.29. The summed E-state index contributed by atoms with van der Waals surface area (Å²) >= 11 is 0. The van der Waals surface area contributed by atoms with Crippen molar-refractivity contribution < 1.29 is 17.6 Å². The Bertz CT molecular complexity index is 1210. The number of carbonyl (C=O) groups excluding carboxylic acids is 1. The van der Waals surface area contributed by atoms with Crippen LogP contribution >= 0.6 is 0 Å². The molecule has 0 radical (unpaired) electrons. The highest BCUT2D eigenvalue weighted by molar-refractivity contribution is 7.89. The number of halogens is 1. The van der Waals surface area contributed by atoms with Crippen LogP contribution in [0.15, 0.2) is 34.0 Å². The predicted molar refractivity (Wildman–Crippen MR) is 111 cm³/mol. The molecule has 1 aromatic heterocycles. The molecule has 1 N–H and O–H groups in total. The third kappa shape index (κ3) is 4.52. The lowest BCUT2D eigenvalue weighted by molar-refractivity contribution is -0.132. The molecule has 31 heavy (non-hydrogen) atoms. The van der Waals surface area contributed by atoms with Gasteiger partial charge >= 0.3 is 0 Å². The molecular weight excluding hydrogens is 423 g/mol. The molecule has 1 aliphatic rings. The zero-order valence-electron chi connectivity index (χ0n) is 17.3. The van der Waals surface area contributed by atoms with Gasteiger partial charge in [-0.3, -0.25) is 9.59 Å². The van der Waals surface area contributed by atoms with Gasteiger partial charge in [-0.25, -0.2) is 12.8 Å². The van der Waals surface area contributed by atoms with E-state index >= 15 is 0 Å². The lowest BCUT2D eigenvalue weighted by Gasteiger charge is -2.34. The number of carbonyl (C=O) groups is 1. The van der Waals surface area contributed by atoms with Gasteiger partial charge in [0.2, 0.25) is 15.9 Å². The fourth-order valence-electron chi connectivity index (χ4n) is 3.78. The number of piperazine rings is 1. The van der Waals surface area contributed by atoms with Gasteiger partial charge < -0.3 is 9.88 Å². The maximum Gasteiger partial charge on any atom is 0.266 e. The summed E-state index contributed by atoms with van der Waals surface area (Å²) in [6.45, 7) is 3.99. The van der Waals surface area contributed by atoms with Gasteiger partial charge in [-0.2, -0.15) is 9.57 Å². The third-order valence-electron chi connectivity index (χ3n) is 5.55.